The summed E-state index contributed by atoms with van der Waals surface area (Å²) in [6.45, 7) is 6.02. The number of hydrogen-bond acceptors (Lipinski definition) is 4. The number of aromatic hydroxyl groups is 1. The number of furan rings is 1. The van der Waals surface area contributed by atoms with Gasteiger partial charge in [-0.15, -0.1) is 0 Å². The van der Waals surface area contributed by atoms with Crippen molar-refractivity contribution in [1.29, 1.82) is 0 Å². The van der Waals surface area contributed by atoms with Gasteiger partial charge in [-0.2, -0.15) is 4.57 Å². The number of aryl methyl sites for hydroxylation is 2. The first-order valence-corrected chi connectivity index (χ1v) is 11.9. The number of phenolic OH excluding ortho intramolecular Hbond substituents is 1. The number of benzene rings is 3. The zero-order valence-corrected chi connectivity index (χ0v) is 21.5. The van der Waals surface area contributed by atoms with Gasteiger partial charge >= 0.3 is 0 Å². The summed E-state index contributed by atoms with van der Waals surface area (Å²) >= 11 is 0. The van der Waals surface area contributed by atoms with Crippen LogP contribution >= 0.6 is 0 Å². The summed E-state index contributed by atoms with van der Waals surface area (Å²) in [4.78, 5) is 0. The number of aromatic nitrogens is 1. The summed E-state index contributed by atoms with van der Waals surface area (Å²) < 4.78 is 19.0. The summed E-state index contributed by atoms with van der Waals surface area (Å²) in [7, 11) is 5.34. The van der Waals surface area contributed by atoms with Gasteiger partial charge in [0, 0.05) is 24.1 Å². The third-order valence-corrected chi connectivity index (χ3v) is 7.17. The van der Waals surface area contributed by atoms with Crippen molar-refractivity contribution in [2.45, 2.75) is 20.8 Å². The molecule has 0 unspecified atom stereocenters. The molecule has 0 fully saturated rings. The van der Waals surface area contributed by atoms with Gasteiger partial charge in [0.1, 0.15) is 12.8 Å². The van der Waals surface area contributed by atoms with Gasteiger partial charge in [-0.1, -0.05) is 24.3 Å². The second kappa shape index (κ2) is 9.08. The fraction of sp³-hybridized carbons (Fsp3) is 0.194. The van der Waals surface area contributed by atoms with Crippen LogP contribution in [-0.2, 0) is 7.05 Å². The van der Waals surface area contributed by atoms with Crippen molar-refractivity contribution in [2.24, 2.45) is 7.05 Å². The lowest BCUT2D eigenvalue weighted by atomic mass is 9.95. The van der Waals surface area contributed by atoms with Crippen LogP contribution in [0.4, 0.5) is 0 Å². The highest BCUT2D eigenvalue weighted by molar-refractivity contribution is 5.93. The van der Waals surface area contributed by atoms with Gasteiger partial charge < -0.3 is 19.0 Å². The zero-order valence-electron chi connectivity index (χ0n) is 21.5. The van der Waals surface area contributed by atoms with Crippen LogP contribution in [0.25, 0.3) is 44.3 Å². The summed E-state index contributed by atoms with van der Waals surface area (Å²) in [5.41, 5.74) is 8.96. The molecule has 0 radical (unpaired) electrons. The van der Waals surface area contributed by atoms with Crippen LogP contribution in [0.5, 0.6) is 17.2 Å². The molecule has 0 aliphatic rings. The fourth-order valence-electron chi connectivity index (χ4n) is 4.91. The van der Waals surface area contributed by atoms with Crippen molar-refractivity contribution in [3.8, 4) is 50.8 Å². The molecule has 5 heteroatoms. The van der Waals surface area contributed by atoms with E-state index in [9.17, 15) is 5.11 Å². The molecule has 0 atom stereocenters. The van der Waals surface area contributed by atoms with Gasteiger partial charge in [0.15, 0.2) is 17.2 Å². The van der Waals surface area contributed by atoms with Gasteiger partial charge in [0.05, 0.1) is 37.7 Å². The average molecular weight is 481 g/mol. The Bertz CT molecular complexity index is 1600. The number of ether oxygens (including phenoxy) is 2. The van der Waals surface area contributed by atoms with Gasteiger partial charge in [0.25, 0.3) is 0 Å². The first kappa shape index (κ1) is 23.5. The van der Waals surface area contributed by atoms with E-state index in [1.165, 1.54) is 0 Å². The Morgan fingerprint density at radius 1 is 0.833 bits per heavy atom. The molecular formula is C31H30NO4+. The smallest absolute Gasteiger partial charge is 0.213 e. The fourth-order valence-corrected chi connectivity index (χ4v) is 4.91. The van der Waals surface area contributed by atoms with Crippen LogP contribution in [0.15, 0.2) is 71.5 Å². The summed E-state index contributed by atoms with van der Waals surface area (Å²) in [5.74, 6) is 1.67. The Hall–Kier alpha value is -4.25. The van der Waals surface area contributed by atoms with Crippen molar-refractivity contribution in [3.63, 3.8) is 0 Å². The van der Waals surface area contributed by atoms with Crippen molar-refractivity contribution in [3.05, 3.63) is 83.9 Å². The van der Waals surface area contributed by atoms with Gasteiger partial charge in [-0.05, 0) is 65.8 Å². The molecule has 0 aliphatic heterocycles. The van der Waals surface area contributed by atoms with Crippen molar-refractivity contribution >= 4 is 10.8 Å². The Morgan fingerprint density at radius 3 is 2.31 bits per heavy atom. The van der Waals surface area contributed by atoms with Crippen molar-refractivity contribution < 1.29 is 23.6 Å². The normalized spacial score (nSPS) is 11.2. The molecule has 0 saturated carbocycles. The van der Waals surface area contributed by atoms with Crippen LogP contribution in [0.3, 0.4) is 0 Å². The molecule has 0 spiro atoms. The number of pyridine rings is 1. The zero-order chi connectivity index (χ0) is 25.6. The summed E-state index contributed by atoms with van der Waals surface area (Å²) in [5, 5.41) is 12.8. The highest BCUT2D eigenvalue weighted by Crippen LogP contribution is 2.43. The Kier molecular flexibility index (Phi) is 5.92. The number of methoxy groups -OCH3 is 2. The van der Waals surface area contributed by atoms with E-state index in [4.69, 9.17) is 13.9 Å². The van der Waals surface area contributed by atoms with Gasteiger partial charge in [0.2, 0.25) is 5.69 Å². The molecular weight excluding hydrogens is 450 g/mol. The average Bonchev–Trinajstić information content (AvgIpc) is 3.43. The lowest BCUT2D eigenvalue weighted by molar-refractivity contribution is -0.665. The SMILES string of the molecule is COc1cc(-c2cc3cc(C)c(C)c(O)c3c(C)[n+]2C)cc(-c2cccc(-c3ccoc3)c2)c1OC. The first-order chi connectivity index (χ1) is 17.3. The number of fused-ring (bicyclic) bond motifs is 1. The predicted molar refractivity (Wildman–Crippen MR) is 143 cm³/mol. The first-order valence-electron chi connectivity index (χ1n) is 11.9. The largest absolute Gasteiger partial charge is 0.507 e. The second-order valence-corrected chi connectivity index (χ2v) is 9.16. The molecule has 182 valence electrons. The summed E-state index contributed by atoms with van der Waals surface area (Å²) in [6.07, 6.45) is 3.42. The summed E-state index contributed by atoms with van der Waals surface area (Å²) in [6, 6.07) is 18.6. The molecule has 2 aromatic heterocycles. The van der Waals surface area contributed by atoms with E-state index in [0.717, 1.165) is 61.1 Å². The maximum Gasteiger partial charge on any atom is 0.213 e. The molecule has 0 saturated heterocycles. The molecule has 5 nitrogen and oxygen atoms in total. The van der Waals surface area contributed by atoms with Gasteiger partial charge in [-0.25, -0.2) is 0 Å². The van der Waals surface area contributed by atoms with Crippen LogP contribution in [0.1, 0.15) is 16.8 Å². The van der Waals surface area contributed by atoms with E-state index in [2.05, 4.69) is 41.0 Å². The van der Waals surface area contributed by atoms with E-state index >= 15 is 0 Å². The third kappa shape index (κ3) is 3.77. The predicted octanol–water partition coefficient (Wildman–Crippen LogP) is 6.91. The molecule has 36 heavy (non-hydrogen) atoms. The van der Waals surface area contributed by atoms with Crippen LogP contribution in [0, 0.1) is 20.8 Å². The highest BCUT2D eigenvalue weighted by atomic mass is 16.5. The van der Waals surface area contributed by atoms with Gasteiger partial charge in [-0.3, -0.25) is 0 Å². The molecule has 5 rings (SSSR count). The Morgan fingerprint density at radius 2 is 1.61 bits per heavy atom. The molecule has 0 bridgehead atoms. The number of nitrogens with zero attached hydrogens (tertiary/aromatic N) is 1. The van der Waals surface area contributed by atoms with E-state index in [1.807, 2.05) is 46.0 Å². The highest BCUT2D eigenvalue weighted by Gasteiger charge is 2.24. The molecule has 5 aromatic rings. The minimum atomic E-state index is 0.341. The van der Waals surface area contributed by atoms with Crippen LogP contribution in [0.2, 0.25) is 0 Å². The van der Waals surface area contributed by atoms with E-state index in [-0.39, 0.29) is 0 Å². The minimum Gasteiger partial charge on any atom is -0.507 e. The lowest BCUT2D eigenvalue weighted by Crippen LogP contribution is -2.35. The standard InChI is InChI=1S/C31H29NO4/c1-18-12-25-15-27(32(4)20(3)29(25)30(33)19(18)2)24-14-26(31(35-6)28(16-24)34-5)22-9-7-8-21(13-22)23-10-11-36-17-23/h7-17H,1-6H3/p+1. The second-order valence-electron chi connectivity index (χ2n) is 9.16. The molecule has 1 N–H and O–H groups in total. The molecule has 3 aromatic carbocycles. The number of hydrogen-bond donors (Lipinski definition) is 1. The maximum atomic E-state index is 10.9. The van der Waals surface area contributed by atoms with Crippen molar-refractivity contribution in [2.75, 3.05) is 14.2 Å². The molecule has 0 aliphatic carbocycles. The quantitative estimate of drug-likeness (QED) is 0.278. The number of rotatable bonds is 5. The van der Waals surface area contributed by atoms with Crippen LogP contribution in [-0.4, -0.2) is 19.3 Å². The van der Waals surface area contributed by atoms with E-state index in [0.29, 0.717) is 17.2 Å². The van der Waals surface area contributed by atoms with E-state index in [1.54, 1.807) is 26.7 Å². The Labute approximate surface area is 211 Å². The monoisotopic (exact) mass is 480 g/mol. The number of phenols is 1. The molecule has 0 amide bonds. The Balaban J connectivity index is 1.76. The molecule has 2 heterocycles. The maximum absolute atomic E-state index is 10.9. The van der Waals surface area contributed by atoms with E-state index < -0.39 is 0 Å². The van der Waals surface area contributed by atoms with Crippen LogP contribution < -0.4 is 14.0 Å². The minimum absolute atomic E-state index is 0.341. The topological polar surface area (TPSA) is 55.7 Å². The lowest BCUT2D eigenvalue weighted by Gasteiger charge is -2.16. The van der Waals surface area contributed by atoms with Crippen molar-refractivity contribution in [1.82, 2.24) is 0 Å². The third-order valence-electron chi connectivity index (χ3n) is 7.17.